The van der Waals surface area contributed by atoms with Crippen LogP contribution in [0.15, 0.2) is 18.3 Å². The molecule has 6 heteroatoms. The van der Waals surface area contributed by atoms with Gasteiger partial charge in [0.1, 0.15) is 5.82 Å². The van der Waals surface area contributed by atoms with E-state index in [2.05, 4.69) is 15.2 Å². The second-order valence-electron chi connectivity index (χ2n) is 7.25. The van der Waals surface area contributed by atoms with Gasteiger partial charge < -0.3 is 15.1 Å². The first kappa shape index (κ1) is 18.7. The SMILES string of the molecule is O=C(CCN1CCCC1=O)NCc1cccnc1N1CCCCCCC1. The lowest BCUT2D eigenvalue weighted by Crippen LogP contribution is -2.32. The molecule has 0 bridgehead atoms. The van der Waals surface area contributed by atoms with Crippen LogP contribution in [0.3, 0.4) is 0 Å². The smallest absolute Gasteiger partial charge is 0.222 e. The maximum absolute atomic E-state index is 12.2. The van der Waals surface area contributed by atoms with Crippen molar-refractivity contribution in [2.24, 2.45) is 0 Å². The highest BCUT2D eigenvalue weighted by atomic mass is 16.2. The van der Waals surface area contributed by atoms with E-state index in [1.54, 1.807) is 4.90 Å². The van der Waals surface area contributed by atoms with Crippen LogP contribution in [-0.4, -0.2) is 47.9 Å². The fourth-order valence-corrected chi connectivity index (χ4v) is 3.77. The Morgan fingerprint density at radius 1 is 1.08 bits per heavy atom. The molecule has 142 valence electrons. The van der Waals surface area contributed by atoms with Crippen LogP contribution in [0.5, 0.6) is 0 Å². The quantitative estimate of drug-likeness (QED) is 0.848. The summed E-state index contributed by atoms with van der Waals surface area (Å²) >= 11 is 0. The third-order valence-electron chi connectivity index (χ3n) is 5.28. The normalized spacial score (nSPS) is 18.5. The highest BCUT2D eigenvalue weighted by Crippen LogP contribution is 2.21. The molecule has 3 rings (SSSR count). The number of pyridine rings is 1. The second kappa shape index (κ2) is 9.55. The van der Waals surface area contributed by atoms with Gasteiger partial charge in [-0.3, -0.25) is 9.59 Å². The van der Waals surface area contributed by atoms with Crippen molar-refractivity contribution in [2.75, 3.05) is 31.1 Å². The Bertz CT molecular complexity index is 612. The Balaban J connectivity index is 1.52. The van der Waals surface area contributed by atoms with Gasteiger partial charge in [0.05, 0.1) is 0 Å². The van der Waals surface area contributed by atoms with Gasteiger partial charge in [-0.1, -0.05) is 25.3 Å². The third kappa shape index (κ3) is 5.19. The van der Waals surface area contributed by atoms with Crippen LogP contribution in [0.1, 0.15) is 56.9 Å². The number of hydrogen-bond donors (Lipinski definition) is 1. The van der Waals surface area contributed by atoms with Crippen LogP contribution >= 0.6 is 0 Å². The molecule has 0 atom stereocenters. The van der Waals surface area contributed by atoms with Gasteiger partial charge in [-0.2, -0.15) is 0 Å². The summed E-state index contributed by atoms with van der Waals surface area (Å²) in [5.74, 6) is 1.17. The predicted molar refractivity (Wildman–Crippen MR) is 102 cm³/mol. The number of hydrogen-bond acceptors (Lipinski definition) is 4. The van der Waals surface area contributed by atoms with Crippen molar-refractivity contribution in [3.63, 3.8) is 0 Å². The van der Waals surface area contributed by atoms with Crippen LogP contribution in [0.2, 0.25) is 0 Å². The second-order valence-corrected chi connectivity index (χ2v) is 7.25. The number of amides is 2. The van der Waals surface area contributed by atoms with E-state index >= 15 is 0 Å². The van der Waals surface area contributed by atoms with Gasteiger partial charge in [-0.25, -0.2) is 4.98 Å². The minimum absolute atomic E-state index is 0.00725. The zero-order valence-corrected chi connectivity index (χ0v) is 15.6. The molecule has 0 aliphatic carbocycles. The van der Waals surface area contributed by atoms with Crippen molar-refractivity contribution in [3.05, 3.63) is 23.9 Å². The lowest BCUT2D eigenvalue weighted by molar-refractivity contribution is -0.128. The van der Waals surface area contributed by atoms with E-state index in [1.807, 2.05) is 18.3 Å². The summed E-state index contributed by atoms with van der Waals surface area (Å²) in [4.78, 5) is 32.5. The molecule has 0 saturated carbocycles. The van der Waals surface area contributed by atoms with Crippen LogP contribution in [0, 0.1) is 0 Å². The molecular formula is C20H30N4O2. The van der Waals surface area contributed by atoms with Crippen molar-refractivity contribution in [1.29, 1.82) is 0 Å². The molecule has 0 spiro atoms. The molecule has 0 unspecified atom stereocenters. The molecule has 2 amide bonds. The summed E-state index contributed by atoms with van der Waals surface area (Å²) in [6.07, 6.45) is 10.0. The van der Waals surface area contributed by atoms with Crippen LogP contribution in [-0.2, 0) is 16.1 Å². The molecule has 2 saturated heterocycles. The van der Waals surface area contributed by atoms with Gasteiger partial charge in [0.15, 0.2) is 0 Å². The van der Waals surface area contributed by atoms with Crippen LogP contribution in [0.4, 0.5) is 5.82 Å². The first-order chi connectivity index (χ1) is 12.7. The zero-order chi connectivity index (χ0) is 18.2. The van der Waals surface area contributed by atoms with Crippen LogP contribution in [0.25, 0.3) is 0 Å². The highest BCUT2D eigenvalue weighted by molar-refractivity contribution is 5.80. The molecule has 0 radical (unpaired) electrons. The summed E-state index contributed by atoms with van der Waals surface area (Å²) in [6.45, 7) is 3.88. The number of rotatable bonds is 6. The Morgan fingerprint density at radius 3 is 2.58 bits per heavy atom. The topological polar surface area (TPSA) is 65.5 Å². The maximum Gasteiger partial charge on any atom is 0.222 e. The average molecular weight is 358 g/mol. The van der Waals surface area contributed by atoms with E-state index in [-0.39, 0.29) is 11.8 Å². The molecule has 1 N–H and O–H groups in total. The van der Waals surface area contributed by atoms with E-state index in [4.69, 9.17) is 0 Å². The molecule has 1 aromatic heterocycles. The summed E-state index contributed by atoms with van der Waals surface area (Å²) in [6, 6.07) is 3.98. The molecule has 26 heavy (non-hydrogen) atoms. The summed E-state index contributed by atoms with van der Waals surface area (Å²) < 4.78 is 0. The molecule has 2 aliphatic heterocycles. The standard InChI is InChI=1S/C20H30N4O2/c25-18(10-15-23-14-7-9-19(23)26)22-16-17-8-6-11-21-20(17)24-12-4-2-1-3-5-13-24/h6,8,11H,1-5,7,9-10,12-16H2,(H,22,25). The highest BCUT2D eigenvalue weighted by Gasteiger charge is 2.20. The summed E-state index contributed by atoms with van der Waals surface area (Å²) in [5, 5.41) is 3.00. The number of nitrogens with one attached hydrogen (secondary N) is 1. The van der Waals surface area contributed by atoms with E-state index < -0.39 is 0 Å². The number of likely N-dealkylation sites (tertiary alicyclic amines) is 1. The van der Waals surface area contributed by atoms with E-state index in [0.717, 1.165) is 37.4 Å². The largest absolute Gasteiger partial charge is 0.356 e. The fourth-order valence-electron chi connectivity index (χ4n) is 3.77. The van der Waals surface area contributed by atoms with Crippen molar-refractivity contribution in [3.8, 4) is 0 Å². The van der Waals surface area contributed by atoms with Gasteiger partial charge in [0.2, 0.25) is 11.8 Å². The molecule has 0 aromatic carbocycles. The summed E-state index contributed by atoms with van der Waals surface area (Å²) in [7, 11) is 0. The Morgan fingerprint density at radius 2 is 1.85 bits per heavy atom. The molecule has 2 fully saturated rings. The average Bonchev–Trinajstić information content (AvgIpc) is 3.03. The lowest BCUT2D eigenvalue weighted by Gasteiger charge is -2.27. The molecule has 2 aliphatic rings. The first-order valence-electron chi connectivity index (χ1n) is 9.97. The predicted octanol–water partition coefficient (Wildman–Crippen LogP) is 2.48. The van der Waals surface area contributed by atoms with Crippen molar-refractivity contribution < 1.29 is 9.59 Å². The van der Waals surface area contributed by atoms with Gasteiger partial charge in [0.25, 0.3) is 0 Å². The first-order valence-corrected chi connectivity index (χ1v) is 9.97. The maximum atomic E-state index is 12.2. The zero-order valence-electron chi connectivity index (χ0n) is 15.6. The van der Waals surface area contributed by atoms with Gasteiger partial charge in [0, 0.05) is 57.3 Å². The van der Waals surface area contributed by atoms with E-state index in [1.165, 1.54) is 32.1 Å². The van der Waals surface area contributed by atoms with Crippen LogP contribution < -0.4 is 10.2 Å². The Labute approximate surface area is 156 Å². The number of anilines is 1. The van der Waals surface area contributed by atoms with Crippen molar-refractivity contribution in [1.82, 2.24) is 15.2 Å². The van der Waals surface area contributed by atoms with E-state index in [0.29, 0.717) is 25.9 Å². The lowest BCUT2D eigenvalue weighted by atomic mass is 10.1. The minimum atomic E-state index is -0.00725. The van der Waals surface area contributed by atoms with Crippen molar-refractivity contribution in [2.45, 2.75) is 57.9 Å². The molecular weight excluding hydrogens is 328 g/mol. The molecule has 6 nitrogen and oxygen atoms in total. The van der Waals surface area contributed by atoms with Gasteiger partial charge in [-0.15, -0.1) is 0 Å². The summed E-state index contributed by atoms with van der Waals surface area (Å²) in [5.41, 5.74) is 1.07. The van der Waals surface area contributed by atoms with Gasteiger partial charge in [-0.05, 0) is 25.3 Å². The minimum Gasteiger partial charge on any atom is -0.356 e. The number of nitrogens with zero attached hydrogens (tertiary/aromatic N) is 3. The Kier molecular flexibility index (Phi) is 6.86. The number of carbonyl (C=O) groups is 2. The van der Waals surface area contributed by atoms with Crippen molar-refractivity contribution >= 4 is 17.6 Å². The molecule has 1 aromatic rings. The third-order valence-corrected chi connectivity index (χ3v) is 5.28. The molecule has 3 heterocycles. The fraction of sp³-hybridized carbons (Fsp3) is 0.650. The van der Waals surface area contributed by atoms with Gasteiger partial charge >= 0.3 is 0 Å². The monoisotopic (exact) mass is 358 g/mol. The van der Waals surface area contributed by atoms with E-state index in [9.17, 15) is 9.59 Å². The Hall–Kier alpha value is -2.11. The number of carbonyl (C=O) groups excluding carboxylic acids is 2. The number of aromatic nitrogens is 1.